The second-order valence-electron chi connectivity index (χ2n) is 0.250. The van der Waals surface area contributed by atoms with Gasteiger partial charge in [0.2, 0.25) is 0 Å². The quantitative estimate of drug-likeness (QED) is 0.395. The van der Waals surface area contributed by atoms with Crippen LogP contribution in [0.25, 0.3) is 0 Å². The van der Waals surface area contributed by atoms with Gasteiger partial charge >= 0.3 is 128 Å². The fraction of sp³-hybridized carbons (Fsp3) is 0. The van der Waals surface area contributed by atoms with Gasteiger partial charge < -0.3 is 15.0 Å². The molecule has 0 saturated carbocycles. The summed E-state index contributed by atoms with van der Waals surface area (Å²) >= 11 is 0. The maximum absolute atomic E-state index is 8.33. The van der Waals surface area contributed by atoms with E-state index in [9.17, 15) is 0 Å². The van der Waals surface area contributed by atoms with Crippen molar-refractivity contribution in [3.05, 3.63) is 0 Å². The molecule has 26 valence electrons. The predicted octanol–water partition coefficient (Wildman–Crippen LogP) is -9.09. The van der Waals surface area contributed by atoms with Gasteiger partial charge in [0.05, 0.1) is 0 Å². The molecule has 0 aromatic heterocycles. The molecule has 0 aromatic rings. The van der Waals surface area contributed by atoms with Crippen molar-refractivity contribution in [2.24, 2.45) is 0 Å². The number of carbonyl (C=O) groups is 1. The molecule has 0 aromatic carbocycles. The zero-order valence-electron chi connectivity index (χ0n) is 3.72. The van der Waals surface area contributed by atoms with Crippen molar-refractivity contribution in [3.63, 3.8) is 0 Å². The summed E-state index contributed by atoms with van der Waals surface area (Å²) in [6.07, 6.45) is -2.33. The second-order valence-corrected chi connectivity index (χ2v) is 0.250. The van der Waals surface area contributed by atoms with Gasteiger partial charge in [-0.3, -0.25) is 0 Å². The van der Waals surface area contributed by atoms with Crippen LogP contribution in [0.3, 0.4) is 0 Å². The van der Waals surface area contributed by atoms with Crippen molar-refractivity contribution in [2.75, 3.05) is 0 Å². The van der Waals surface area contributed by atoms with E-state index in [1.54, 1.807) is 0 Å². The maximum Gasteiger partial charge on any atom is 1.00 e. The Morgan fingerprint density at radius 3 is 1.14 bits per heavy atom. The summed E-state index contributed by atoms with van der Waals surface area (Å²) in [5.41, 5.74) is 0. The Morgan fingerprint density at radius 2 is 1.14 bits per heavy atom. The zero-order valence-corrected chi connectivity index (χ0v) is 7.72. The molecule has 0 unspecified atom stereocenters. The molecule has 0 aliphatic heterocycles. The molecule has 0 heterocycles. The summed E-state index contributed by atoms with van der Waals surface area (Å²) in [5.74, 6) is 0. The standard InChI is InChI=1S/CH2O3.Cs.2Na.H/c2-1(3)4;;;;/h(H2,2,3,4);;;;/q;;2*+1;/p-2. The largest absolute Gasteiger partial charge is 1.00 e. The van der Waals surface area contributed by atoms with E-state index in [1.165, 1.54) is 0 Å². The smallest absolute Gasteiger partial charge is 1.00 e. The summed E-state index contributed by atoms with van der Waals surface area (Å²) in [6.45, 7) is 0. The summed E-state index contributed by atoms with van der Waals surface area (Å²) in [4.78, 5) is 8.33. The van der Waals surface area contributed by atoms with Gasteiger partial charge in [-0.15, -0.1) is 0 Å². The molecule has 0 radical (unpaired) electrons. The van der Waals surface area contributed by atoms with Gasteiger partial charge in [0.15, 0.2) is 0 Å². The van der Waals surface area contributed by atoms with Crippen molar-refractivity contribution in [1.29, 1.82) is 0 Å². The number of hydrogen-bond donors (Lipinski definition) is 0. The molecule has 0 aliphatic carbocycles. The fourth-order valence-corrected chi connectivity index (χ4v) is 0. The molecule has 7 heavy (non-hydrogen) atoms. The number of hydrogen-bond acceptors (Lipinski definition) is 3. The van der Waals surface area contributed by atoms with E-state index in [4.69, 9.17) is 15.0 Å². The van der Waals surface area contributed by atoms with Crippen LogP contribution in [0.5, 0.6) is 0 Å². The molecule has 0 aliphatic rings. The van der Waals surface area contributed by atoms with Crippen molar-refractivity contribution >= 4 is 75.0 Å². The number of rotatable bonds is 0. The van der Waals surface area contributed by atoms with Gasteiger partial charge in [0.1, 0.15) is 0 Å². The number of carbonyl (C=O) groups excluding carboxylic acids is 1. The summed E-state index contributed by atoms with van der Waals surface area (Å²) in [5, 5.41) is 16.7. The first-order valence-corrected chi connectivity index (χ1v) is 0.612. The minimum absolute atomic E-state index is 0. The van der Waals surface area contributed by atoms with Gasteiger partial charge in [-0.1, -0.05) is 0 Å². The second kappa shape index (κ2) is 16.2. The zero-order chi connectivity index (χ0) is 3.58. The van der Waals surface area contributed by atoms with E-state index < -0.39 is 6.16 Å². The first-order chi connectivity index (χ1) is 1.73. The molecular weight excluding hydrogens is 239 g/mol. The van der Waals surface area contributed by atoms with Gasteiger partial charge in [-0.2, -0.15) is 0 Å². The van der Waals surface area contributed by atoms with Crippen LogP contribution in [0.15, 0.2) is 0 Å². The molecule has 6 heteroatoms. The van der Waals surface area contributed by atoms with Gasteiger partial charge in [0, 0.05) is 0 Å². The third-order valence-electron chi connectivity index (χ3n) is 0. The van der Waals surface area contributed by atoms with Crippen LogP contribution in [0, 0.1) is 0 Å². The average Bonchev–Trinajstić information content (AvgIpc) is 0.811. The molecule has 0 amide bonds. The Hall–Kier alpha value is 3.32. The van der Waals surface area contributed by atoms with E-state index in [0.717, 1.165) is 0 Å². The Labute approximate surface area is 145 Å². The van der Waals surface area contributed by atoms with Crippen LogP contribution in [-0.4, -0.2) is 75.0 Å². The molecular formula is CHCsNa2O3. The Balaban J connectivity index is -0.0000000150. The Bertz CT molecular complexity index is 35.9. The monoisotopic (exact) mass is 240 g/mol. The van der Waals surface area contributed by atoms with Gasteiger partial charge in [-0.05, 0) is 6.16 Å². The first kappa shape index (κ1) is 22.4. The van der Waals surface area contributed by atoms with Gasteiger partial charge in [0.25, 0.3) is 0 Å². The van der Waals surface area contributed by atoms with E-state index in [1.807, 2.05) is 0 Å². The predicted molar refractivity (Wildman–Crippen MR) is 12.5 cm³/mol. The van der Waals surface area contributed by atoms with Crippen molar-refractivity contribution < 1.29 is 74.1 Å². The average molecular weight is 240 g/mol. The van der Waals surface area contributed by atoms with Crippen molar-refractivity contribution in [2.45, 2.75) is 0 Å². The van der Waals surface area contributed by atoms with Crippen LogP contribution in [0.1, 0.15) is 0 Å². The molecule has 0 N–H and O–H groups in total. The first-order valence-electron chi connectivity index (χ1n) is 0.612. The normalized spacial score (nSPS) is 3.43. The third-order valence-corrected chi connectivity index (χ3v) is 0. The molecule has 0 rings (SSSR count). The fourth-order valence-electron chi connectivity index (χ4n) is 0. The topological polar surface area (TPSA) is 63.2 Å². The molecule has 0 spiro atoms. The minimum atomic E-state index is -2.33. The summed E-state index contributed by atoms with van der Waals surface area (Å²) < 4.78 is 0. The van der Waals surface area contributed by atoms with E-state index in [2.05, 4.69) is 0 Å². The van der Waals surface area contributed by atoms with Crippen LogP contribution in [0.2, 0.25) is 0 Å². The molecule has 0 atom stereocenters. The van der Waals surface area contributed by atoms with Crippen molar-refractivity contribution in [3.8, 4) is 0 Å². The Morgan fingerprint density at radius 1 is 1.14 bits per heavy atom. The van der Waals surface area contributed by atoms with E-state index in [0.29, 0.717) is 0 Å². The summed E-state index contributed by atoms with van der Waals surface area (Å²) in [6, 6.07) is 0. The third kappa shape index (κ3) is 45.3. The van der Waals surface area contributed by atoms with Gasteiger partial charge in [-0.25, -0.2) is 0 Å². The maximum atomic E-state index is 8.33. The summed E-state index contributed by atoms with van der Waals surface area (Å²) in [7, 11) is 0. The van der Waals surface area contributed by atoms with Crippen LogP contribution in [0.4, 0.5) is 4.79 Å². The van der Waals surface area contributed by atoms with Crippen molar-refractivity contribution in [1.82, 2.24) is 0 Å². The number of carboxylic acid groups (broad SMARTS) is 2. The Kier molecular flexibility index (Phi) is 51.8. The molecule has 0 bridgehead atoms. The molecule has 0 saturated heterocycles. The van der Waals surface area contributed by atoms with E-state index in [-0.39, 0.29) is 128 Å². The van der Waals surface area contributed by atoms with E-state index >= 15 is 0 Å². The molecule has 0 fully saturated rings. The van der Waals surface area contributed by atoms with Crippen LogP contribution >= 0.6 is 0 Å². The van der Waals surface area contributed by atoms with Crippen LogP contribution in [-0.2, 0) is 0 Å². The van der Waals surface area contributed by atoms with Crippen LogP contribution < -0.4 is 69.3 Å². The minimum Gasteiger partial charge on any atom is 1.00 e. The SMILES string of the molecule is O=C([O-])[O-].[CsH].[Na+].[Na+]. The molecule has 3 nitrogen and oxygen atoms in total.